The molecule has 1 nitrogen and oxygen atoms in total. The third-order valence-electron chi connectivity index (χ3n) is 4.52. The first-order valence-corrected chi connectivity index (χ1v) is 7.03. The normalized spacial score (nSPS) is 25.9. The Labute approximate surface area is 114 Å². The second kappa shape index (κ2) is 4.82. The van der Waals surface area contributed by atoms with E-state index in [1.165, 1.54) is 16.7 Å². The zero-order chi connectivity index (χ0) is 13.4. The second-order valence-electron chi connectivity index (χ2n) is 5.73. The first-order chi connectivity index (χ1) is 9.18. The highest BCUT2D eigenvalue weighted by molar-refractivity contribution is 5.71. The predicted molar refractivity (Wildman–Crippen MR) is 78.9 cm³/mol. The third kappa shape index (κ3) is 2.08. The molecule has 1 aliphatic rings. The average Bonchev–Trinajstić information content (AvgIpc) is 2.45. The van der Waals surface area contributed by atoms with Gasteiger partial charge in [-0.2, -0.15) is 0 Å². The lowest BCUT2D eigenvalue weighted by molar-refractivity contribution is 0.0869. The number of rotatable bonds is 0. The maximum absolute atomic E-state index is 10.6. The molecule has 0 fully saturated rings. The Morgan fingerprint density at radius 1 is 0.895 bits per heavy atom. The van der Waals surface area contributed by atoms with Gasteiger partial charge in [0.05, 0.1) is 6.10 Å². The molecule has 0 heterocycles. The van der Waals surface area contributed by atoms with Crippen molar-refractivity contribution >= 4 is 0 Å². The van der Waals surface area contributed by atoms with E-state index in [0.717, 1.165) is 12.0 Å². The van der Waals surface area contributed by atoms with Crippen molar-refractivity contribution in [2.45, 2.75) is 26.4 Å². The van der Waals surface area contributed by atoms with Crippen molar-refractivity contribution in [1.82, 2.24) is 0 Å². The Bertz CT molecular complexity index is 588. The highest BCUT2D eigenvalue weighted by Crippen LogP contribution is 2.40. The molecule has 2 aromatic carbocycles. The number of fused-ring (bicyclic) bond motifs is 3. The fourth-order valence-corrected chi connectivity index (χ4v) is 3.09. The van der Waals surface area contributed by atoms with Crippen LogP contribution < -0.4 is 0 Å². The summed E-state index contributed by atoms with van der Waals surface area (Å²) >= 11 is 0. The fourth-order valence-electron chi connectivity index (χ4n) is 3.09. The highest BCUT2D eigenvalue weighted by Gasteiger charge is 2.28. The number of benzene rings is 2. The molecule has 98 valence electrons. The van der Waals surface area contributed by atoms with Crippen molar-refractivity contribution in [3.8, 4) is 11.1 Å². The summed E-state index contributed by atoms with van der Waals surface area (Å²) in [5.74, 6) is 0.749. The van der Waals surface area contributed by atoms with Gasteiger partial charge in [0.25, 0.3) is 0 Å². The topological polar surface area (TPSA) is 20.2 Å². The highest BCUT2D eigenvalue weighted by atomic mass is 16.3. The first kappa shape index (κ1) is 12.4. The van der Waals surface area contributed by atoms with Gasteiger partial charge in [-0.05, 0) is 40.5 Å². The van der Waals surface area contributed by atoms with Gasteiger partial charge in [-0.25, -0.2) is 0 Å². The SMILES string of the molecule is C[C@@H]1[C@H](C)Cc2ccccc2-c2ccccc2[C@H]1O. The molecule has 0 aromatic heterocycles. The zero-order valence-electron chi connectivity index (χ0n) is 11.5. The number of aliphatic hydroxyl groups excluding tert-OH is 1. The molecule has 2 aromatic rings. The van der Waals surface area contributed by atoms with E-state index in [1.807, 2.05) is 6.07 Å². The largest absolute Gasteiger partial charge is 0.388 e. The Morgan fingerprint density at radius 3 is 2.32 bits per heavy atom. The van der Waals surface area contributed by atoms with E-state index >= 15 is 0 Å². The first-order valence-electron chi connectivity index (χ1n) is 7.03. The van der Waals surface area contributed by atoms with Crippen LogP contribution in [0.5, 0.6) is 0 Å². The Balaban J connectivity index is 2.25. The van der Waals surface area contributed by atoms with Crippen LogP contribution in [0.25, 0.3) is 11.1 Å². The van der Waals surface area contributed by atoms with Gasteiger partial charge in [-0.3, -0.25) is 0 Å². The third-order valence-corrected chi connectivity index (χ3v) is 4.52. The van der Waals surface area contributed by atoms with Crippen molar-refractivity contribution < 1.29 is 5.11 Å². The van der Waals surface area contributed by atoms with Crippen LogP contribution in [0.15, 0.2) is 48.5 Å². The van der Waals surface area contributed by atoms with Crippen molar-refractivity contribution in [3.63, 3.8) is 0 Å². The maximum Gasteiger partial charge on any atom is 0.0824 e. The van der Waals surface area contributed by atoms with Gasteiger partial charge in [0.15, 0.2) is 0 Å². The van der Waals surface area contributed by atoms with Gasteiger partial charge in [0.2, 0.25) is 0 Å². The molecule has 0 bridgehead atoms. The van der Waals surface area contributed by atoms with Crippen LogP contribution in [-0.4, -0.2) is 5.11 Å². The van der Waals surface area contributed by atoms with E-state index in [0.29, 0.717) is 5.92 Å². The molecular formula is C18H20O. The molecule has 0 radical (unpaired) electrons. The van der Waals surface area contributed by atoms with Gasteiger partial charge >= 0.3 is 0 Å². The summed E-state index contributed by atoms with van der Waals surface area (Å²) in [7, 11) is 0. The minimum atomic E-state index is -0.375. The van der Waals surface area contributed by atoms with Crippen LogP contribution in [-0.2, 0) is 6.42 Å². The van der Waals surface area contributed by atoms with Gasteiger partial charge in [-0.15, -0.1) is 0 Å². The van der Waals surface area contributed by atoms with Crippen molar-refractivity contribution in [3.05, 3.63) is 59.7 Å². The Morgan fingerprint density at radius 2 is 1.53 bits per heavy atom. The zero-order valence-corrected chi connectivity index (χ0v) is 11.5. The minimum Gasteiger partial charge on any atom is -0.388 e. The molecule has 19 heavy (non-hydrogen) atoms. The van der Waals surface area contributed by atoms with Gasteiger partial charge in [0.1, 0.15) is 0 Å². The average molecular weight is 252 g/mol. The van der Waals surface area contributed by atoms with E-state index < -0.39 is 0 Å². The molecule has 0 saturated carbocycles. The van der Waals surface area contributed by atoms with E-state index in [2.05, 4.69) is 56.3 Å². The summed E-state index contributed by atoms with van der Waals surface area (Å²) in [6.07, 6.45) is 0.655. The summed E-state index contributed by atoms with van der Waals surface area (Å²) < 4.78 is 0. The standard InChI is InChI=1S/C18H20O/c1-12-11-14-7-3-4-8-15(14)16-9-5-6-10-17(16)18(19)13(12)2/h3-10,12-13,18-19H,11H2,1-2H3/t12-,13-,18+/m1/s1. The Hall–Kier alpha value is -1.60. The van der Waals surface area contributed by atoms with Crippen LogP contribution in [0.3, 0.4) is 0 Å². The van der Waals surface area contributed by atoms with Gasteiger partial charge in [-0.1, -0.05) is 62.4 Å². The summed E-state index contributed by atoms with van der Waals surface area (Å²) in [5.41, 5.74) is 4.91. The quantitative estimate of drug-likeness (QED) is 0.744. The number of hydrogen-bond donors (Lipinski definition) is 1. The summed E-state index contributed by atoms with van der Waals surface area (Å²) in [6, 6.07) is 16.8. The lowest BCUT2D eigenvalue weighted by atomic mass is 9.77. The molecule has 1 aliphatic carbocycles. The predicted octanol–water partition coefficient (Wildman–Crippen LogP) is 4.22. The van der Waals surface area contributed by atoms with Crippen LogP contribution >= 0.6 is 0 Å². The van der Waals surface area contributed by atoms with E-state index in [4.69, 9.17) is 0 Å². The van der Waals surface area contributed by atoms with E-state index in [9.17, 15) is 5.11 Å². The molecular weight excluding hydrogens is 232 g/mol. The smallest absolute Gasteiger partial charge is 0.0824 e. The monoisotopic (exact) mass is 252 g/mol. The van der Waals surface area contributed by atoms with E-state index in [1.54, 1.807) is 0 Å². The molecule has 0 saturated heterocycles. The molecule has 0 aliphatic heterocycles. The lowest BCUT2D eigenvalue weighted by Gasteiger charge is -2.30. The van der Waals surface area contributed by atoms with Gasteiger partial charge < -0.3 is 5.11 Å². The number of aliphatic hydroxyl groups is 1. The molecule has 0 unspecified atom stereocenters. The second-order valence-corrected chi connectivity index (χ2v) is 5.73. The van der Waals surface area contributed by atoms with Crippen molar-refractivity contribution in [2.24, 2.45) is 11.8 Å². The minimum absolute atomic E-state index is 0.273. The molecule has 1 heteroatoms. The molecule has 0 spiro atoms. The lowest BCUT2D eigenvalue weighted by Crippen LogP contribution is -2.21. The fraction of sp³-hybridized carbons (Fsp3) is 0.333. The van der Waals surface area contributed by atoms with Crippen LogP contribution in [0.1, 0.15) is 31.1 Å². The summed E-state index contributed by atoms with van der Waals surface area (Å²) in [4.78, 5) is 0. The van der Waals surface area contributed by atoms with Crippen molar-refractivity contribution in [2.75, 3.05) is 0 Å². The number of hydrogen-bond acceptors (Lipinski definition) is 1. The van der Waals surface area contributed by atoms with Crippen molar-refractivity contribution in [1.29, 1.82) is 0 Å². The summed E-state index contributed by atoms with van der Waals surface area (Å²) in [5, 5.41) is 10.6. The van der Waals surface area contributed by atoms with Gasteiger partial charge in [0, 0.05) is 0 Å². The van der Waals surface area contributed by atoms with E-state index in [-0.39, 0.29) is 12.0 Å². The van der Waals surface area contributed by atoms with Crippen LogP contribution in [0, 0.1) is 11.8 Å². The van der Waals surface area contributed by atoms with Crippen LogP contribution in [0.2, 0.25) is 0 Å². The molecule has 0 amide bonds. The summed E-state index contributed by atoms with van der Waals surface area (Å²) in [6.45, 7) is 4.39. The molecule has 3 atom stereocenters. The maximum atomic E-state index is 10.6. The Kier molecular flexibility index (Phi) is 3.16. The molecule has 1 N–H and O–H groups in total. The molecule has 3 rings (SSSR count). The van der Waals surface area contributed by atoms with Crippen LogP contribution in [0.4, 0.5) is 0 Å².